The van der Waals surface area contributed by atoms with E-state index >= 15 is 0 Å². The molecule has 0 aliphatic carbocycles. The third kappa shape index (κ3) is 4.49. The Kier molecular flexibility index (Phi) is 6.21. The number of carbonyl (C=O) groups is 2. The van der Waals surface area contributed by atoms with Gasteiger partial charge in [0.2, 0.25) is 5.91 Å². The van der Waals surface area contributed by atoms with Crippen molar-refractivity contribution in [3.05, 3.63) is 84.2 Å². The minimum Gasteiger partial charge on any atom is -0.497 e. The number of amides is 2. The zero-order chi connectivity index (χ0) is 22.6. The maximum atomic E-state index is 13.1. The lowest BCUT2D eigenvalue weighted by Gasteiger charge is -2.41. The molecule has 2 aromatic carbocycles. The van der Waals surface area contributed by atoms with Gasteiger partial charge < -0.3 is 15.4 Å². The first-order chi connectivity index (χ1) is 15.5. The third-order valence-corrected chi connectivity index (χ3v) is 6.19. The molecule has 1 saturated heterocycles. The summed E-state index contributed by atoms with van der Waals surface area (Å²) in [4.78, 5) is 31.7. The van der Waals surface area contributed by atoms with Gasteiger partial charge in [0, 0.05) is 31.0 Å². The van der Waals surface area contributed by atoms with E-state index in [1.807, 2.05) is 42.6 Å². The number of hydrogen-bond acceptors (Lipinski definition) is 4. The second kappa shape index (κ2) is 9.22. The molecule has 2 amide bonds. The van der Waals surface area contributed by atoms with Crippen molar-refractivity contribution in [1.29, 1.82) is 0 Å². The zero-order valence-corrected chi connectivity index (χ0v) is 18.2. The highest BCUT2D eigenvalue weighted by Crippen LogP contribution is 2.35. The number of nitrogens with two attached hydrogens (primary N) is 1. The maximum Gasteiger partial charge on any atom is 0.254 e. The molecule has 1 atom stereocenters. The van der Waals surface area contributed by atoms with Crippen molar-refractivity contribution >= 4 is 11.8 Å². The van der Waals surface area contributed by atoms with Gasteiger partial charge in [-0.1, -0.05) is 36.4 Å². The van der Waals surface area contributed by atoms with Crippen LogP contribution in [0, 0.1) is 5.41 Å². The molecule has 0 saturated carbocycles. The first-order valence-corrected chi connectivity index (χ1v) is 10.7. The first kappa shape index (κ1) is 21.6. The van der Waals surface area contributed by atoms with Crippen LogP contribution in [0.4, 0.5) is 0 Å². The van der Waals surface area contributed by atoms with Gasteiger partial charge in [-0.25, -0.2) is 0 Å². The van der Waals surface area contributed by atoms with Crippen molar-refractivity contribution in [1.82, 2.24) is 9.88 Å². The molecule has 164 valence electrons. The number of pyridine rings is 1. The molecule has 0 unspecified atom stereocenters. The molecule has 6 nitrogen and oxygen atoms in total. The normalized spacial score (nSPS) is 18.2. The van der Waals surface area contributed by atoms with Crippen molar-refractivity contribution in [3.63, 3.8) is 0 Å². The number of likely N-dealkylation sites (tertiary alicyclic amines) is 1. The van der Waals surface area contributed by atoms with Crippen LogP contribution in [0.25, 0.3) is 11.1 Å². The Labute approximate surface area is 188 Å². The Morgan fingerprint density at radius 3 is 2.59 bits per heavy atom. The predicted octanol–water partition coefficient (Wildman–Crippen LogP) is 3.71. The van der Waals surface area contributed by atoms with E-state index in [0.29, 0.717) is 37.2 Å². The number of benzene rings is 2. The minimum atomic E-state index is -0.789. The first-order valence-electron chi connectivity index (χ1n) is 10.7. The Hall–Kier alpha value is -3.67. The standard InChI is InChI=1S/C26H27N3O3/c1-32-23-7-2-5-21(15-23)24(30)29-14-4-12-26(18-29,25(27)31)16-19-8-10-20(11-9-19)22-6-3-13-28-17-22/h2-3,5-11,13,15,17H,4,12,14,16,18H2,1H3,(H2,27,31)/t26-/m0/s1. The van der Waals surface area contributed by atoms with Crippen LogP contribution < -0.4 is 10.5 Å². The van der Waals surface area contributed by atoms with Gasteiger partial charge in [-0.15, -0.1) is 0 Å². The van der Waals surface area contributed by atoms with E-state index in [1.165, 1.54) is 0 Å². The van der Waals surface area contributed by atoms with E-state index in [9.17, 15) is 9.59 Å². The van der Waals surface area contributed by atoms with E-state index in [0.717, 1.165) is 23.1 Å². The average Bonchev–Trinajstić information content (AvgIpc) is 2.84. The van der Waals surface area contributed by atoms with Gasteiger partial charge >= 0.3 is 0 Å². The lowest BCUT2D eigenvalue weighted by molar-refractivity contribution is -0.130. The van der Waals surface area contributed by atoms with E-state index in [2.05, 4.69) is 4.98 Å². The number of ether oxygens (including phenoxy) is 1. The van der Waals surface area contributed by atoms with Gasteiger partial charge in [0.05, 0.1) is 12.5 Å². The summed E-state index contributed by atoms with van der Waals surface area (Å²) in [7, 11) is 1.57. The molecular formula is C26H27N3O3. The molecule has 4 rings (SSSR count). The van der Waals surface area contributed by atoms with Gasteiger partial charge in [0.15, 0.2) is 0 Å². The monoisotopic (exact) mass is 429 g/mol. The maximum absolute atomic E-state index is 13.1. The average molecular weight is 430 g/mol. The highest BCUT2D eigenvalue weighted by atomic mass is 16.5. The fraction of sp³-hybridized carbons (Fsp3) is 0.269. The van der Waals surface area contributed by atoms with Crippen LogP contribution in [0.1, 0.15) is 28.8 Å². The topological polar surface area (TPSA) is 85.5 Å². The fourth-order valence-electron chi connectivity index (χ4n) is 4.42. The Balaban J connectivity index is 1.54. The van der Waals surface area contributed by atoms with Crippen LogP contribution in [0.5, 0.6) is 5.75 Å². The Morgan fingerprint density at radius 2 is 1.91 bits per heavy atom. The van der Waals surface area contributed by atoms with Crippen LogP contribution in [0.3, 0.4) is 0 Å². The number of primary amides is 1. The highest BCUT2D eigenvalue weighted by Gasteiger charge is 2.42. The fourth-order valence-corrected chi connectivity index (χ4v) is 4.42. The second-order valence-corrected chi connectivity index (χ2v) is 8.32. The van der Waals surface area contributed by atoms with Gasteiger partial charge in [-0.05, 0) is 60.2 Å². The summed E-state index contributed by atoms with van der Waals surface area (Å²) in [6.07, 6.45) is 5.46. The summed E-state index contributed by atoms with van der Waals surface area (Å²) < 4.78 is 5.24. The smallest absolute Gasteiger partial charge is 0.254 e. The van der Waals surface area contributed by atoms with E-state index in [4.69, 9.17) is 10.5 Å². The molecule has 3 aromatic rings. The van der Waals surface area contributed by atoms with Crippen molar-refractivity contribution in [2.45, 2.75) is 19.3 Å². The number of aromatic nitrogens is 1. The quantitative estimate of drug-likeness (QED) is 0.647. The SMILES string of the molecule is COc1cccc(C(=O)N2CCC[C@@](Cc3ccc(-c4cccnc4)cc3)(C(N)=O)C2)c1. The Bertz CT molecular complexity index is 1100. The molecule has 2 heterocycles. The second-order valence-electron chi connectivity index (χ2n) is 8.32. The van der Waals surface area contributed by atoms with E-state index < -0.39 is 5.41 Å². The molecule has 0 radical (unpaired) electrons. The Morgan fingerprint density at radius 1 is 1.09 bits per heavy atom. The van der Waals surface area contributed by atoms with Crippen LogP contribution in [-0.2, 0) is 11.2 Å². The molecule has 32 heavy (non-hydrogen) atoms. The van der Waals surface area contributed by atoms with Gasteiger partial charge in [-0.3, -0.25) is 14.6 Å². The van der Waals surface area contributed by atoms with Crippen LogP contribution in [-0.4, -0.2) is 41.9 Å². The summed E-state index contributed by atoms with van der Waals surface area (Å²) >= 11 is 0. The molecule has 1 aliphatic rings. The number of hydrogen-bond donors (Lipinski definition) is 1. The highest BCUT2D eigenvalue weighted by molar-refractivity contribution is 5.95. The summed E-state index contributed by atoms with van der Waals surface area (Å²) in [5.41, 5.74) is 8.79. The molecule has 1 aromatic heterocycles. The van der Waals surface area contributed by atoms with Crippen molar-refractivity contribution in [3.8, 4) is 16.9 Å². The number of rotatable bonds is 6. The summed E-state index contributed by atoms with van der Waals surface area (Å²) in [5.74, 6) is 0.154. The van der Waals surface area contributed by atoms with E-state index in [-0.39, 0.29) is 11.8 Å². The van der Waals surface area contributed by atoms with Crippen molar-refractivity contribution in [2.24, 2.45) is 11.1 Å². The number of piperidine rings is 1. The van der Waals surface area contributed by atoms with Crippen molar-refractivity contribution < 1.29 is 14.3 Å². The molecule has 1 fully saturated rings. The third-order valence-electron chi connectivity index (χ3n) is 6.19. The summed E-state index contributed by atoms with van der Waals surface area (Å²) in [6, 6.07) is 19.1. The number of carbonyl (C=O) groups excluding carboxylic acids is 2. The molecule has 0 spiro atoms. The van der Waals surface area contributed by atoms with Crippen molar-refractivity contribution in [2.75, 3.05) is 20.2 Å². The summed E-state index contributed by atoms with van der Waals surface area (Å²) in [5, 5.41) is 0. The van der Waals surface area contributed by atoms with E-state index in [1.54, 1.807) is 42.5 Å². The predicted molar refractivity (Wildman–Crippen MR) is 123 cm³/mol. The number of nitrogens with zero attached hydrogens (tertiary/aromatic N) is 2. The largest absolute Gasteiger partial charge is 0.497 e. The molecule has 2 N–H and O–H groups in total. The van der Waals surface area contributed by atoms with Gasteiger partial charge in [-0.2, -0.15) is 0 Å². The zero-order valence-electron chi connectivity index (χ0n) is 18.2. The van der Waals surface area contributed by atoms with Crippen LogP contribution >= 0.6 is 0 Å². The molecule has 1 aliphatic heterocycles. The molecular weight excluding hydrogens is 402 g/mol. The van der Waals surface area contributed by atoms with Crippen LogP contribution in [0.15, 0.2) is 73.1 Å². The number of methoxy groups -OCH3 is 1. The summed E-state index contributed by atoms with van der Waals surface area (Å²) in [6.45, 7) is 0.910. The van der Waals surface area contributed by atoms with Gasteiger partial charge in [0.1, 0.15) is 5.75 Å². The molecule has 0 bridgehead atoms. The molecule has 6 heteroatoms. The lowest BCUT2D eigenvalue weighted by Crippen LogP contribution is -2.53. The lowest BCUT2D eigenvalue weighted by atomic mass is 9.74. The van der Waals surface area contributed by atoms with Gasteiger partial charge in [0.25, 0.3) is 5.91 Å². The van der Waals surface area contributed by atoms with Crippen LogP contribution in [0.2, 0.25) is 0 Å². The minimum absolute atomic E-state index is 0.110.